The van der Waals surface area contributed by atoms with Crippen LogP contribution in [0.2, 0.25) is 0 Å². The molecule has 1 N–H and O–H groups in total. The number of amides is 1. The van der Waals surface area contributed by atoms with E-state index in [-0.39, 0.29) is 29.6 Å². The van der Waals surface area contributed by atoms with Gasteiger partial charge >= 0.3 is 6.18 Å². The third-order valence-corrected chi connectivity index (χ3v) is 5.31. The van der Waals surface area contributed by atoms with Gasteiger partial charge in [0.05, 0.1) is 22.2 Å². The maximum atomic E-state index is 13.0. The molecule has 1 heterocycles. The fraction of sp³-hybridized carbons (Fsp3) is 0.154. The molecule has 0 fully saturated rings. The minimum atomic E-state index is -4.59. The molecule has 9 nitrogen and oxygen atoms in total. The number of benzene rings is 3. The van der Waals surface area contributed by atoms with Crippen molar-refractivity contribution in [2.24, 2.45) is 0 Å². The zero-order valence-electron chi connectivity index (χ0n) is 20.2. The van der Waals surface area contributed by atoms with Crippen LogP contribution in [0.5, 0.6) is 17.2 Å². The molecule has 0 aliphatic rings. The predicted octanol–water partition coefficient (Wildman–Crippen LogP) is 6.51. The van der Waals surface area contributed by atoms with Gasteiger partial charge < -0.3 is 14.8 Å². The normalized spacial score (nSPS) is 11.2. The van der Waals surface area contributed by atoms with Crippen molar-refractivity contribution < 1.29 is 32.4 Å². The first kappa shape index (κ1) is 26.2. The standard InChI is InChI=1S/C26H21F3N4O5/c1-16-6-7-24(17(2)10-16)37-15-32-9-8-23(31-32)25(34)30-19-12-20(33(35)36)14-22(13-19)38-21-5-3-4-18(11-21)26(27,28)29/h3-14H,15H2,1-2H3,(H,30,34). The lowest BCUT2D eigenvalue weighted by Crippen LogP contribution is -2.14. The van der Waals surface area contributed by atoms with Crippen LogP contribution >= 0.6 is 0 Å². The molecule has 0 bridgehead atoms. The third-order valence-electron chi connectivity index (χ3n) is 5.31. The second-order valence-electron chi connectivity index (χ2n) is 8.34. The highest BCUT2D eigenvalue weighted by Gasteiger charge is 2.30. The average molecular weight is 526 g/mol. The maximum Gasteiger partial charge on any atom is 0.416 e. The van der Waals surface area contributed by atoms with Crippen LogP contribution in [0.15, 0.2) is 72.9 Å². The summed E-state index contributed by atoms with van der Waals surface area (Å²) in [5.41, 5.74) is 0.679. The minimum absolute atomic E-state index is 0.00717. The number of anilines is 1. The van der Waals surface area contributed by atoms with Crippen molar-refractivity contribution >= 4 is 17.3 Å². The van der Waals surface area contributed by atoms with Crippen molar-refractivity contribution in [2.45, 2.75) is 26.8 Å². The molecule has 0 saturated heterocycles. The van der Waals surface area contributed by atoms with E-state index in [4.69, 9.17) is 9.47 Å². The summed E-state index contributed by atoms with van der Waals surface area (Å²) >= 11 is 0. The highest BCUT2D eigenvalue weighted by Crippen LogP contribution is 2.34. The van der Waals surface area contributed by atoms with E-state index in [2.05, 4.69) is 10.4 Å². The van der Waals surface area contributed by atoms with Gasteiger partial charge in [0.1, 0.15) is 17.2 Å². The van der Waals surface area contributed by atoms with Gasteiger partial charge in [-0.3, -0.25) is 14.9 Å². The zero-order chi connectivity index (χ0) is 27.4. The first-order valence-corrected chi connectivity index (χ1v) is 11.2. The van der Waals surface area contributed by atoms with Gasteiger partial charge in [0.2, 0.25) is 0 Å². The fourth-order valence-electron chi connectivity index (χ4n) is 3.54. The third kappa shape index (κ3) is 6.46. The average Bonchev–Trinajstić information content (AvgIpc) is 3.32. The number of aryl methyl sites for hydroxylation is 2. The summed E-state index contributed by atoms with van der Waals surface area (Å²) in [7, 11) is 0. The summed E-state index contributed by atoms with van der Waals surface area (Å²) in [5, 5.41) is 18.0. The molecule has 12 heteroatoms. The number of carbonyl (C=O) groups excluding carboxylic acids is 1. The van der Waals surface area contributed by atoms with E-state index >= 15 is 0 Å². The zero-order valence-corrected chi connectivity index (χ0v) is 20.2. The first-order valence-electron chi connectivity index (χ1n) is 11.2. The Hall–Kier alpha value is -4.87. The molecule has 1 amide bonds. The number of nitrogens with zero attached hydrogens (tertiary/aromatic N) is 3. The lowest BCUT2D eigenvalue weighted by Gasteiger charge is -2.11. The van der Waals surface area contributed by atoms with E-state index in [1.807, 2.05) is 32.0 Å². The molecule has 38 heavy (non-hydrogen) atoms. The molecule has 1 aromatic heterocycles. The number of ether oxygens (including phenoxy) is 2. The van der Waals surface area contributed by atoms with Crippen LogP contribution in [0.3, 0.4) is 0 Å². The number of carbonyl (C=O) groups is 1. The van der Waals surface area contributed by atoms with Gasteiger partial charge in [-0.2, -0.15) is 18.3 Å². The van der Waals surface area contributed by atoms with Crippen LogP contribution in [0.25, 0.3) is 0 Å². The molecule has 4 aromatic rings. The summed E-state index contributed by atoms with van der Waals surface area (Å²) < 4.78 is 51.6. The Morgan fingerprint density at radius 3 is 2.55 bits per heavy atom. The van der Waals surface area contributed by atoms with Crippen molar-refractivity contribution in [3.05, 3.63) is 105 Å². The number of rotatable bonds is 8. The molecule has 0 atom stereocenters. The molecule has 0 unspecified atom stereocenters. The largest absolute Gasteiger partial charge is 0.471 e. The summed E-state index contributed by atoms with van der Waals surface area (Å²) in [6, 6.07) is 14.6. The van der Waals surface area contributed by atoms with Gasteiger partial charge in [-0.1, -0.05) is 23.8 Å². The van der Waals surface area contributed by atoms with E-state index in [0.717, 1.165) is 41.5 Å². The molecule has 0 aliphatic carbocycles. The number of hydrogen-bond acceptors (Lipinski definition) is 6. The van der Waals surface area contributed by atoms with Gasteiger partial charge in [-0.05, 0) is 49.7 Å². The predicted molar refractivity (Wildman–Crippen MR) is 131 cm³/mol. The minimum Gasteiger partial charge on any atom is -0.471 e. The number of nitrogens with one attached hydrogen (secondary N) is 1. The number of nitro benzene ring substituents is 1. The van der Waals surface area contributed by atoms with Crippen molar-refractivity contribution in [1.82, 2.24) is 9.78 Å². The summed E-state index contributed by atoms with van der Waals surface area (Å²) in [4.78, 5) is 23.4. The van der Waals surface area contributed by atoms with Gasteiger partial charge in [0.25, 0.3) is 11.6 Å². The monoisotopic (exact) mass is 526 g/mol. The quantitative estimate of drug-likeness (QED) is 0.207. The topological polar surface area (TPSA) is 109 Å². The van der Waals surface area contributed by atoms with E-state index in [9.17, 15) is 28.1 Å². The molecule has 0 spiro atoms. The molecule has 3 aromatic carbocycles. The van der Waals surface area contributed by atoms with Crippen LogP contribution in [0, 0.1) is 24.0 Å². The van der Waals surface area contributed by atoms with Crippen LogP contribution in [-0.2, 0) is 12.9 Å². The molecule has 0 radical (unpaired) electrons. The lowest BCUT2D eigenvalue weighted by molar-refractivity contribution is -0.384. The Balaban J connectivity index is 1.48. The second kappa shape index (κ2) is 10.6. The molecular weight excluding hydrogens is 505 g/mol. The van der Waals surface area contributed by atoms with Crippen molar-refractivity contribution in [2.75, 3.05) is 5.32 Å². The Morgan fingerprint density at radius 1 is 1.05 bits per heavy atom. The Bertz CT molecular complexity index is 1500. The highest BCUT2D eigenvalue weighted by atomic mass is 19.4. The van der Waals surface area contributed by atoms with Crippen molar-refractivity contribution in [3.8, 4) is 17.2 Å². The summed E-state index contributed by atoms with van der Waals surface area (Å²) in [5.74, 6) is -0.316. The Kier molecular flexibility index (Phi) is 7.33. The van der Waals surface area contributed by atoms with E-state index in [1.165, 1.54) is 29.1 Å². The molecule has 0 aliphatic heterocycles. The molecule has 196 valence electrons. The van der Waals surface area contributed by atoms with Gasteiger partial charge in [0.15, 0.2) is 12.4 Å². The van der Waals surface area contributed by atoms with Gasteiger partial charge in [-0.15, -0.1) is 0 Å². The fourth-order valence-corrected chi connectivity index (χ4v) is 3.54. The molecule has 0 saturated carbocycles. The second-order valence-corrected chi connectivity index (χ2v) is 8.34. The number of non-ortho nitro benzene ring substituents is 1. The molecular formula is C26H21F3N4O5. The molecule has 4 rings (SSSR count). The van der Waals surface area contributed by atoms with Crippen LogP contribution in [-0.4, -0.2) is 20.6 Å². The van der Waals surface area contributed by atoms with E-state index in [0.29, 0.717) is 5.75 Å². The van der Waals surface area contributed by atoms with Crippen LogP contribution in [0.1, 0.15) is 27.2 Å². The first-order chi connectivity index (χ1) is 18.0. The van der Waals surface area contributed by atoms with E-state index < -0.39 is 28.3 Å². The van der Waals surface area contributed by atoms with Crippen LogP contribution < -0.4 is 14.8 Å². The summed E-state index contributed by atoms with van der Waals surface area (Å²) in [6.45, 7) is 3.92. The number of nitro groups is 1. The Morgan fingerprint density at radius 2 is 1.84 bits per heavy atom. The lowest BCUT2D eigenvalue weighted by atomic mass is 10.1. The number of aromatic nitrogens is 2. The SMILES string of the molecule is Cc1ccc(OCn2ccc(C(=O)Nc3cc(Oc4cccc(C(F)(F)F)c4)cc([N+](=O)[O-])c3)n2)c(C)c1. The van der Waals surface area contributed by atoms with Crippen molar-refractivity contribution in [1.29, 1.82) is 0 Å². The maximum absolute atomic E-state index is 13.0. The summed E-state index contributed by atoms with van der Waals surface area (Å²) in [6.07, 6.45) is -3.05. The number of alkyl halides is 3. The number of hydrogen-bond donors (Lipinski definition) is 1. The van der Waals surface area contributed by atoms with E-state index in [1.54, 1.807) is 0 Å². The smallest absolute Gasteiger partial charge is 0.416 e. The Labute approximate surface area is 214 Å². The van der Waals surface area contributed by atoms with Gasteiger partial charge in [0, 0.05) is 18.3 Å². The van der Waals surface area contributed by atoms with Crippen LogP contribution in [0.4, 0.5) is 24.5 Å². The van der Waals surface area contributed by atoms with Crippen molar-refractivity contribution in [3.63, 3.8) is 0 Å². The highest BCUT2D eigenvalue weighted by molar-refractivity contribution is 6.03. The van der Waals surface area contributed by atoms with Gasteiger partial charge in [-0.25, -0.2) is 4.68 Å². The number of halogens is 3.